The van der Waals surface area contributed by atoms with Gasteiger partial charge in [0.1, 0.15) is 5.82 Å². The van der Waals surface area contributed by atoms with Crippen LogP contribution in [0.15, 0.2) is 12.1 Å². The third-order valence-electron chi connectivity index (χ3n) is 5.36. The maximum Gasteiger partial charge on any atom is 0.417 e. The predicted octanol–water partition coefficient (Wildman–Crippen LogP) is 4.61. The number of carbonyl (C=O) groups is 1. The number of hydrogen-bond donors (Lipinski definition) is 1. The summed E-state index contributed by atoms with van der Waals surface area (Å²) in [7, 11) is 0. The standard InChI is InChI=1S/C18H19F7N2O/c19-12-9-10(17(20,21)22)8-11(18(23,24)25)15(12)16(28)26-13-4-3-5-14(13)27-6-1-2-7-27/h8-9,13-14H,1-7H2,(H,26,28)/t13-,14+/m1/s1. The summed E-state index contributed by atoms with van der Waals surface area (Å²) in [6.45, 7) is 1.64. The summed E-state index contributed by atoms with van der Waals surface area (Å²) in [6, 6.07) is -0.812. The van der Waals surface area contributed by atoms with E-state index in [-0.39, 0.29) is 18.2 Å². The SMILES string of the molecule is O=C(N[C@@H]1CCC[C@@H]1N1CCCC1)c1c(F)cc(C(F)(F)F)cc1C(F)(F)F. The Morgan fingerprint density at radius 3 is 2.18 bits per heavy atom. The molecular weight excluding hydrogens is 393 g/mol. The number of alkyl halides is 6. The lowest BCUT2D eigenvalue weighted by Crippen LogP contribution is -2.48. The summed E-state index contributed by atoms with van der Waals surface area (Å²) in [6.07, 6.45) is -6.45. The second-order valence-electron chi connectivity index (χ2n) is 7.20. The van der Waals surface area contributed by atoms with Crippen LogP contribution in [0.2, 0.25) is 0 Å². The molecule has 1 aromatic carbocycles. The molecule has 1 saturated carbocycles. The molecule has 0 spiro atoms. The van der Waals surface area contributed by atoms with E-state index in [1.165, 1.54) is 0 Å². The van der Waals surface area contributed by atoms with Crippen molar-refractivity contribution in [1.29, 1.82) is 0 Å². The van der Waals surface area contributed by atoms with Crippen LogP contribution in [-0.2, 0) is 12.4 Å². The van der Waals surface area contributed by atoms with Crippen LogP contribution in [0.4, 0.5) is 30.7 Å². The van der Waals surface area contributed by atoms with Gasteiger partial charge >= 0.3 is 12.4 Å². The topological polar surface area (TPSA) is 32.3 Å². The second-order valence-corrected chi connectivity index (χ2v) is 7.20. The number of nitrogens with one attached hydrogen (secondary N) is 1. The van der Waals surface area contributed by atoms with Gasteiger partial charge in [-0.3, -0.25) is 9.69 Å². The van der Waals surface area contributed by atoms with Gasteiger partial charge in [0.05, 0.1) is 16.7 Å². The Morgan fingerprint density at radius 2 is 1.61 bits per heavy atom. The first kappa shape index (κ1) is 20.9. The minimum atomic E-state index is -5.31. The van der Waals surface area contributed by atoms with E-state index in [9.17, 15) is 35.5 Å². The Morgan fingerprint density at radius 1 is 0.964 bits per heavy atom. The first-order chi connectivity index (χ1) is 13.0. The predicted molar refractivity (Wildman–Crippen MR) is 86.1 cm³/mol. The molecule has 0 unspecified atom stereocenters. The van der Waals surface area contributed by atoms with E-state index in [2.05, 4.69) is 10.2 Å². The third kappa shape index (κ3) is 4.26. The highest BCUT2D eigenvalue weighted by atomic mass is 19.4. The molecule has 1 amide bonds. The Bertz CT molecular complexity index is 739. The fourth-order valence-corrected chi connectivity index (χ4v) is 4.08. The highest BCUT2D eigenvalue weighted by molar-refractivity contribution is 5.96. The molecule has 10 heteroatoms. The summed E-state index contributed by atoms with van der Waals surface area (Å²) >= 11 is 0. The Kier molecular flexibility index (Phi) is 5.62. The molecule has 1 N–H and O–H groups in total. The molecule has 3 rings (SSSR count). The van der Waals surface area contributed by atoms with Gasteiger partial charge in [0.15, 0.2) is 0 Å². The Labute approximate surface area is 156 Å². The summed E-state index contributed by atoms with van der Waals surface area (Å²) in [5.74, 6) is -3.18. The van der Waals surface area contributed by atoms with Crippen LogP contribution in [-0.4, -0.2) is 36.0 Å². The fraction of sp³-hybridized carbons (Fsp3) is 0.611. The number of halogens is 7. The minimum Gasteiger partial charge on any atom is -0.348 e. The van der Waals surface area contributed by atoms with Gasteiger partial charge in [-0.25, -0.2) is 4.39 Å². The van der Waals surface area contributed by atoms with Crippen LogP contribution >= 0.6 is 0 Å². The monoisotopic (exact) mass is 412 g/mol. The molecule has 1 aromatic rings. The molecule has 0 aromatic heterocycles. The highest BCUT2D eigenvalue weighted by Crippen LogP contribution is 2.39. The molecule has 1 aliphatic carbocycles. The lowest BCUT2D eigenvalue weighted by Gasteiger charge is -2.30. The zero-order valence-corrected chi connectivity index (χ0v) is 14.8. The van der Waals surface area contributed by atoms with Crippen LogP contribution in [0.1, 0.15) is 53.6 Å². The number of amides is 1. The van der Waals surface area contributed by atoms with Crippen molar-refractivity contribution in [3.8, 4) is 0 Å². The molecular formula is C18H19F7N2O. The molecule has 0 radical (unpaired) electrons. The Balaban J connectivity index is 1.90. The molecule has 1 heterocycles. The molecule has 0 bridgehead atoms. The molecule has 28 heavy (non-hydrogen) atoms. The molecule has 2 atom stereocenters. The molecule has 2 fully saturated rings. The molecule has 1 saturated heterocycles. The van der Waals surface area contributed by atoms with E-state index in [0.29, 0.717) is 6.42 Å². The quantitative estimate of drug-likeness (QED) is 0.736. The first-order valence-corrected chi connectivity index (χ1v) is 9.01. The lowest BCUT2D eigenvalue weighted by molar-refractivity contribution is -0.143. The van der Waals surface area contributed by atoms with Crippen LogP contribution < -0.4 is 5.32 Å². The number of rotatable bonds is 3. The molecule has 156 valence electrons. The van der Waals surface area contributed by atoms with Crippen molar-refractivity contribution >= 4 is 5.91 Å². The maximum absolute atomic E-state index is 14.2. The molecule has 2 aliphatic rings. The van der Waals surface area contributed by atoms with Gasteiger partial charge in [-0.15, -0.1) is 0 Å². The minimum absolute atomic E-state index is 0.0571. The number of hydrogen-bond acceptors (Lipinski definition) is 2. The number of carbonyl (C=O) groups excluding carboxylic acids is 1. The van der Waals surface area contributed by atoms with E-state index in [1.54, 1.807) is 0 Å². The van der Waals surface area contributed by atoms with Gasteiger partial charge in [-0.05, 0) is 57.3 Å². The second kappa shape index (κ2) is 7.53. The molecule has 1 aliphatic heterocycles. The van der Waals surface area contributed by atoms with Crippen molar-refractivity contribution in [1.82, 2.24) is 10.2 Å². The van der Waals surface area contributed by atoms with Crippen molar-refractivity contribution in [3.63, 3.8) is 0 Å². The average molecular weight is 412 g/mol. The van der Waals surface area contributed by atoms with Gasteiger partial charge < -0.3 is 5.32 Å². The van der Waals surface area contributed by atoms with E-state index >= 15 is 0 Å². The van der Waals surface area contributed by atoms with E-state index < -0.39 is 46.8 Å². The van der Waals surface area contributed by atoms with Crippen LogP contribution in [0.5, 0.6) is 0 Å². The van der Waals surface area contributed by atoms with Crippen molar-refractivity contribution in [3.05, 3.63) is 34.6 Å². The fourth-order valence-electron chi connectivity index (χ4n) is 4.08. The largest absolute Gasteiger partial charge is 0.417 e. The van der Waals surface area contributed by atoms with Gasteiger partial charge in [0, 0.05) is 12.1 Å². The van der Waals surface area contributed by atoms with Gasteiger partial charge in [0.25, 0.3) is 5.91 Å². The zero-order chi connectivity index (χ0) is 20.7. The summed E-state index contributed by atoms with van der Waals surface area (Å²) in [4.78, 5) is 14.6. The average Bonchev–Trinajstić information content (AvgIpc) is 3.23. The highest BCUT2D eigenvalue weighted by Gasteiger charge is 2.42. The lowest BCUT2D eigenvalue weighted by atomic mass is 10.0. The van der Waals surface area contributed by atoms with Crippen LogP contribution in [0, 0.1) is 5.82 Å². The van der Waals surface area contributed by atoms with Crippen LogP contribution in [0.3, 0.4) is 0 Å². The Hall–Kier alpha value is -1.84. The van der Waals surface area contributed by atoms with Crippen molar-refractivity contribution in [2.24, 2.45) is 0 Å². The van der Waals surface area contributed by atoms with Gasteiger partial charge in [-0.2, -0.15) is 26.3 Å². The number of nitrogens with zero attached hydrogens (tertiary/aromatic N) is 1. The van der Waals surface area contributed by atoms with E-state index in [1.807, 2.05) is 0 Å². The first-order valence-electron chi connectivity index (χ1n) is 9.01. The van der Waals surface area contributed by atoms with Gasteiger partial charge in [0.2, 0.25) is 0 Å². The van der Waals surface area contributed by atoms with E-state index in [0.717, 1.165) is 38.8 Å². The van der Waals surface area contributed by atoms with E-state index in [4.69, 9.17) is 0 Å². The summed E-state index contributed by atoms with van der Waals surface area (Å²) in [5.41, 5.74) is -5.11. The van der Waals surface area contributed by atoms with Crippen molar-refractivity contribution in [2.75, 3.05) is 13.1 Å². The third-order valence-corrected chi connectivity index (χ3v) is 5.36. The van der Waals surface area contributed by atoms with Crippen molar-refractivity contribution in [2.45, 2.75) is 56.5 Å². The van der Waals surface area contributed by atoms with Crippen LogP contribution in [0.25, 0.3) is 0 Å². The number of likely N-dealkylation sites (tertiary alicyclic amines) is 1. The summed E-state index contributed by atoms with van der Waals surface area (Å²) < 4.78 is 92.4. The maximum atomic E-state index is 14.2. The number of benzene rings is 1. The van der Waals surface area contributed by atoms with Crippen molar-refractivity contribution < 1.29 is 35.5 Å². The molecule has 3 nitrogen and oxygen atoms in total. The van der Waals surface area contributed by atoms with Gasteiger partial charge in [-0.1, -0.05) is 0 Å². The normalized spacial score (nSPS) is 24.0. The summed E-state index contributed by atoms with van der Waals surface area (Å²) in [5, 5.41) is 2.43. The zero-order valence-electron chi connectivity index (χ0n) is 14.8. The smallest absolute Gasteiger partial charge is 0.348 e.